The van der Waals surface area contributed by atoms with Gasteiger partial charge in [0.2, 0.25) is 5.91 Å². The van der Waals surface area contributed by atoms with E-state index >= 15 is 0 Å². The Morgan fingerprint density at radius 1 is 1.27 bits per heavy atom. The van der Waals surface area contributed by atoms with E-state index in [1.54, 1.807) is 19.1 Å². The van der Waals surface area contributed by atoms with Gasteiger partial charge in [0, 0.05) is 17.3 Å². The minimum atomic E-state index is -3.00. The summed E-state index contributed by atoms with van der Waals surface area (Å²) in [7, 11) is 1.35. The fraction of sp³-hybridized carbons (Fsp3) is 0.263. The van der Waals surface area contributed by atoms with Crippen LogP contribution in [-0.4, -0.2) is 24.6 Å². The summed E-state index contributed by atoms with van der Waals surface area (Å²) >= 11 is 0. The third-order valence-electron chi connectivity index (χ3n) is 3.62. The topological polar surface area (TPSA) is 60.5 Å². The van der Waals surface area contributed by atoms with E-state index in [-0.39, 0.29) is 11.5 Å². The van der Waals surface area contributed by atoms with Crippen LogP contribution in [0.25, 0.3) is 6.08 Å². The number of carbonyl (C=O) groups is 1. The fourth-order valence-electron chi connectivity index (χ4n) is 2.58. The van der Waals surface area contributed by atoms with Crippen molar-refractivity contribution < 1.29 is 23.0 Å². The summed E-state index contributed by atoms with van der Waals surface area (Å²) in [5.41, 5.74) is 3.38. The Morgan fingerprint density at radius 2 is 2.00 bits per heavy atom. The largest absolute Gasteiger partial charge is 0.493 e. The van der Waals surface area contributed by atoms with Crippen LogP contribution in [0.1, 0.15) is 22.5 Å². The molecule has 2 aromatic rings. The first-order valence-electron chi connectivity index (χ1n) is 7.87. The van der Waals surface area contributed by atoms with Crippen LogP contribution in [0.15, 0.2) is 30.3 Å². The number of benzene rings is 1. The molecule has 0 fully saturated rings. The van der Waals surface area contributed by atoms with Gasteiger partial charge in [-0.3, -0.25) is 9.78 Å². The highest BCUT2D eigenvalue weighted by Gasteiger charge is 2.14. The molecule has 0 aliphatic carbocycles. The number of nitrogens with zero attached hydrogens (tertiary/aromatic N) is 1. The molecule has 1 aromatic heterocycles. The number of hydrogen-bond acceptors (Lipinski definition) is 4. The monoisotopic (exact) mass is 362 g/mol. The van der Waals surface area contributed by atoms with Crippen LogP contribution in [0, 0.1) is 20.8 Å². The van der Waals surface area contributed by atoms with Crippen molar-refractivity contribution in [2.45, 2.75) is 27.4 Å². The number of aromatic nitrogens is 1. The predicted molar refractivity (Wildman–Crippen MR) is 95.7 cm³/mol. The zero-order valence-electron chi connectivity index (χ0n) is 15.0. The van der Waals surface area contributed by atoms with Gasteiger partial charge < -0.3 is 14.8 Å². The summed E-state index contributed by atoms with van der Waals surface area (Å²) in [5.74, 6) is -0.381. The maximum atomic E-state index is 12.6. The molecular formula is C19H20F2N2O3. The Labute approximate surface area is 150 Å². The van der Waals surface area contributed by atoms with Gasteiger partial charge in [0.1, 0.15) is 0 Å². The smallest absolute Gasteiger partial charge is 0.387 e. The van der Waals surface area contributed by atoms with Gasteiger partial charge in [-0.25, -0.2) is 0 Å². The average Bonchev–Trinajstić information content (AvgIpc) is 2.56. The number of pyridine rings is 1. The van der Waals surface area contributed by atoms with Crippen molar-refractivity contribution in [3.8, 4) is 11.5 Å². The SMILES string of the molecule is COc1cccc(C=CC(=O)Nc2c(C)cc(C)nc2C)c1OC(F)F. The van der Waals surface area contributed by atoms with Crippen molar-refractivity contribution in [3.05, 3.63) is 52.9 Å². The van der Waals surface area contributed by atoms with Gasteiger partial charge in [0.15, 0.2) is 11.5 Å². The van der Waals surface area contributed by atoms with Crippen molar-refractivity contribution in [2.24, 2.45) is 0 Å². The van der Waals surface area contributed by atoms with Crippen LogP contribution in [0.2, 0.25) is 0 Å². The minimum absolute atomic E-state index is 0.126. The molecule has 7 heteroatoms. The van der Waals surface area contributed by atoms with Crippen LogP contribution in [0.3, 0.4) is 0 Å². The van der Waals surface area contributed by atoms with Gasteiger partial charge in [-0.05, 0) is 44.5 Å². The molecule has 0 aliphatic rings. The van der Waals surface area contributed by atoms with Crippen LogP contribution in [-0.2, 0) is 4.79 Å². The summed E-state index contributed by atoms with van der Waals surface area (Å²) < 4.78 is 34.8. The lowest BCUT2D eigenvalue weighted by atomic mass is 10.1. The molecule has 1 aromatic carbocycles. The Morgan fingerprint density at radius 3 is 2.62 bits per heavy atom. The minimum Gasteiger partial charge on any atom is -0.493 e. The van der Waals surface area contributed by atoms with E-state index in [4.69, 9.17) is 4.74 Å². The normalized spacial score (nSPS) is 11.0. The number of carbonyl (C=O) groups excluding carboxylic acids is 1. The van der Waals surface area contributed by atoms with Gasteiger partial charge in [-0.2, -0.15) is 8.78 Å². The second kappa shape index (κ2) is 8.42. The van der Waals surface area contributed by atoms with Crippen molar-refractivity contribution in [1.82, 2.24) is 4.98 Å². The number of hydrogen-bond donors (Lipinski definition) is 1. The molecule has 1 heterocycles. The van der Waals surface area contributed by atoms with Gasteiger partial charge in [-0.1, -0.05) is 12.1 Å². The molecule has 2 rings (SSSR count). The van der Waals surface area contributed by atoms with E-state index in [0.717, 1.165) is 11.3 Å². The van der Waals surface area contributed by atoms with Gasteiger partial charge in [-0.15, -0.1) is 0 Å². The number of amides is 1. The molecule has 0 radical (unpaired) electrons. The number of ether oxygens (including phenoxy) is 2. The van der Waals surface area contributed by atoms with E-state index in [0.29, 0.717) is 16.9 Å². The first-order chi connectivity index (χ1) is 12.3. The van der Waals surface area contributed by atoms with E-state index in [2.05, 4.69) is 15.0 Å². The molecule has 1 amide bonds. The maximum absolute atomic E-state index is 12.6. The number of anilines is 1. The molecule has 0 bridgehead atoms. The molecule has 138 valence electrons. The summed E-state index contributed by atoms with van der Waals surface area (Å²) in [6, 6.07) is 6.53. The maximum Gasteiger partial charge on any atom is 0.387 e. The highest BCUT2D eigenvalue weighted by molar-refractivity contribution is 6.02. The van der Waals surface area contributed by atoms with E-state index in [1.165, 1.54) is 25.3 Å². The van der Waals surface area contributed by atoms with Crippen LogP contribution >= 0.6 is 0 Å². The number of alkyl halides is 2. The Balaban J connectivity index is 2.23. The number of para-hydroxylation sites is 1. The number of methoxy groups -OCH3 is 1. The lowest BCUT2D eigenvalue weighted by molar-refractivity contribution is -0.111. The average molecular weight is 362 g/mol. The van der Waals surface area contributed by atoms with Crippen molar-refractivity contribution >= 4 is 17.7 Å². The van der Waals surface area contributed by atoms with Crippen molar-refractivity contribution in [3.63, 3.8) is 0 Å². The quantitative estimate of drug-likeness (QED) is 0.780. The van der Waals surface area contributed by atoms with Crippen LogP contribution in [0.5, 0.6) is 11.5 Å². The molecule has 0 saturated heterocycles. The third kappa shape index (κ3) is 4.78. The van der Waals surface area contributed by atoms with E-state index in [1.807, 2.05) is 19.9 Å². The molecule has 0 saturated carbocycles. The molecule has 5 nitrogen and oxygen atoms in total. The lowest BCUT2D eigenvalue weighted by Crippen LogP contribution is -2.11. The first kappa shape index (κ1) is 19.4. The van der Waals surface area contributed by atoms with E-state index in [9.17, 15) is 13.6 Å². The van der Waals surface area contributed by atoms with Crippen LogP contribution in [0.4, 0.5) is 14.5 Å². The van der Waals surface area contributed by atoms with Crippen molar-refractivity contribution in [2.75, 3.05) is 12.4 Å². The lowest BCUT2D eigenvalue weighted by Gasteiger charge is -2.12. The molecule has 0 unspecified atom stereocenters. The Kier molecular flexibility index (Phi) is 6.27. The summed E-state index contributed by atoms with van der Waals surface area (Å²) in [5, 5.41) is 2.76. The highest BCUT2D eigenvalue weighted by Crippen LogP contribution is 2.33. The molecule has 0 aliphatic heterocycles. The molecule has 0 spiro atoms. The molecule has 1 N–H and O–H groups in total. The number of nitrogens with one attached hydrogen (secondary N) is 1. The Bertz CT molecular complexity index is 813. The summed E-state index contributed by atoms with van der Waals surface area (Å²) in [6.07, 6.45) is 2.63. The number of halogens is 2. The third-order valence-corrected chi connectivity index (χ3v) is 3.62. The summed E-state index contributed by atoms with van der Waals surface area (Å²) in [4.78, 5) is 16.5. The summed E-state index contributed by atoms with van der Waals surface area (Å²) in [6.45, 7) is 2.54. The van der Waals surface area contributed by atoms with Gasteiger partial charge in [0.05, 0.1) is 18.5 Å². The van der Waals surface area contributed by atoms with Crippen molar-refractivity contribution in [1.29, 1.82) is 0 Å². The van der Waals surface area contributed by atoms with Crippen LogP contribution < -0.4 is 14.8 Å². The zero-order chi connectivity index (χ0) is 19.3. The number of aryl methyl sites for hydroxylation is 3. The second-order valence-corrected chi connectivity index (χ2v) is 5.62. The Hall–Kier alpha value is -2.96. The number of rotatable bonds is 6. The molecule has 26 heavy (non-hydrogen) atoms. The predicted octanol–water partition coefficient (Wildman–Crippen LogP) is 4.27. The highest BCUT2D eigenvalue weighted by atomic mass is 19.3. The molecule has 0 atom stereocenters. The van der Waals surface area contributed by atoms with Gasteiger partial charge >= 0.3 is 6.61 Å². The first-order valence-corrected chi connectivity index (χ1v) is 7.87. The molecular weight excluding hydrogens is 342 g/mol. The standard InChI is InChI=1S/C19H20F2N2O3/c1-11-10-12(2)22-13(3)17(11)23-16(24)9-8-14-6-5-7-15(25-4)18(14)26-19(20)21/h5-10,19H,1-4H3,(H,23,24). The van der Waals surface area contributed by atoms with E-state index < -0.39 is 12.5 Å². The fourth-order valence-corrected chi connectivity index (χ4v) is 2.58. The van der Waals surface area contributed by atoms with Gasteiger partial charge in [0.25, 0.3) is 0 Å². The second-order valence-electron chi connectivity index (χ2n) is 5.62. The zero-order valence-corrected chi connectivity index (χ0v) is 15.0.